The van der Waals surface area contributed by atoms with Crippen LogP contribution in [-0.4, -0.2) is 55.9 Å². The number of aliphatic hydroxyl groups excluding tert-OH is 1. The number of ether oxygens (including phenoxy) is 1. The highest BCUT2D eigenvalue weighted by atomic mass is 32.2. The molecule has 0 amide bonds. The molecule has 1 N–H and O–H groups in total. The van der Waals surface area contributed by atoms with Crippen molar-refractivity contribution in [3.63, 3.8) is 0 Å². The number of aliphatic hydroxyl groups is 1. The number of likely N-dealkylation sites (N-methyl/N-ethyl adjacent to an activating group) is 1. The lowest BCUT2D eigenvalue weighted by Gasteiger charge is -2.24. The van der Waals surface area contributed by atoms with Crippen LogP contribution < -0.4 is 0 Å². The van der Waals surface area contributed by atoms with Gasteiger partial charge in [0.05, 0.1) is 13.7 Å². The van der Waals surface area contributed by atoms with Crippen LogP contribution in [0.4, 0.5) is 0 Å². The third-order valence-electron chi connectivity index (χ3n) is 2.27. The third kappa shape index (κ3) is 3.15. The molecule has 0 heterocycles. The van der Waals surface area contributed by atoms with Crippen LogP contribution in [0.1, 0.15) is 13.8 Å². The van der Waals surface area contributed by atoms with Gasteiger partial charge in [0.25, 0.3) is 0 Å². The minimum atomic E-state index is -3.76. The molecular weight excluding hydrogens is 222 g/mol. The first-order chi connectivity index (χ1) is 6.78. The Morgan fingerprint density at radius 3 is 2.27 bits per heavy atom. The van der Waals surface area contributed by atoms with Crippen LogP contribution in [0.3, 0.4) is 0 Å². The van der Waals surface area contributed by atoms with E-state index in [1.165, 1.54) is 14.0 Å². The van der Waals surface area contributed by atoms with Gasteiger partial charge in [-0.05, 0) is 13.8 Å². The topological polar surface area (TPSA) is 83.9 Å². The van der Waals surface area contributed by atoms with Crippen LogP contribution in [0.2, 0.25) is 0 Å². The molecule has 0 aromatic carbocycles. The molecule has 7 heteroatoms. The summed E-state index contributed by atoms with van der Waals surface area (Å²) in [6.45, 7) is 2.49. The number of carbonyl (C=O) groups is 1. The zero-order valence-electron chi connectivity index (χ0n) is 9.30. The van der Waals surface area contributed by atoms with Gasteiger partial charge in [-0.25, -0.2) is 8.42 Å². The van der Waals surface area contributed by atoms with Gasteiger partial charge >= 0.3 is 5.97 Å². The van der Waals surface area contributed by atoms with Gasteiger partial charge in [0.1, 0.15) is 0 Å². The zero-order valence-corrected chi connectivity index (χ0v) is 10.1. The Morgan fingerprint density at radius 2 is 1.93 bits per heavy atom. The number of nitrogens with zero attached hydrogens (tertiary/aromatic N) is 1. The molecule has 2 unspecified atom stereocenters. The van der Waals surface area contributed by atoms with Gasteiger partial charge in [0.15, 0.2) is 5.25 Å². The molecular formula is C8H17NO5S. The quantitative estimate of drug-likeness (QED) is 0.634. The molecule has 0 fully saturated rings. The maximum absolute atomic E-state index is 11.7. The van der Waals surface area contributed by atoms with E-state index in [1.54, 1.807) is 6.92 Å². The van der Waals surface area contributed by atoms with E-state index in [2.05, 4.69) is 4.74 Å². The van der Waals surface area contributed by atoms with Gasteiger partial charge in [-0.15, -0.1) is 0 Å². The van der Waals surface area contributed by atoms with Gasteiger partial charge in [0, 0.05) is 13.1 Å². The van der Waals surface area contributed by atoms with Crippen LogP contribution in [0.15, 0.2) is 0 Å². The highest BCUT2D eigenvalue weighted by Crippen LogP contribution is 2.11. The smallest absolute Gasteiger partial charge is 0.325 e. The largest absolute Gasteiger partial charge is 0.468 e. The average molecular weight is 239 g/mol. The number of methoxy groups -OCH3 is 1. The predicted molar refractivity (Wildman–Crippen MR) is 54.7 cm³/mol. The number of esters is 1. The minimum Gasteiger partial charge on any atom is -0.468 e. The van der Waals surface area contributed by atoms with Crippen LogP contribution >= 0.6 is 0 Å². The summed E-state index contributed by atoms with van der Waals surface area (Å²) in [6, 6.07) is -0.567. The van der Waals surface area contributed by atoms with Gasteiger partial charge < -0.3 is 9.84 Å². The maximum atomic E-state index is 11.7. The lowest BCUT2D eigenvalue weighted by Crippen LogP contribution is -2.44. The second-order valence-corrected chi connectivity index (χ2v) is 5.57. The SMILES string of the molecule is COC(=O)C(C)S(=O)(=O)N(C)C(C)CO. The lowest BCUT2D eigenvalue weighted by atomic mass is 10.4. The molecule has 15 heavy (non-hydrogen) atoms. The second-order valence-electron chi connectivity index (χ2n) is 3.26. The number of sulfonamides is 1. The fraction of sp³-hybridized carbons (Fsp3) is 0.875. The molecule has 0 spiro atoms. The summed E-state index contributed by atoms with van der Waals surface area (Å²) in [7, 11) is -1.32. The molecule has 0 rings (SSSR count). The van der Waals surface area contributed by atoms with Crippen LogP contribution in [0.25, 0.3) is 0 Å². The van der Waals surface area contributed by atoms with E-state index in [0.29, 0.717) is 0 Å². The molecule has 0 aliphatic carbocycles. The molecule has 0 bridgehead atoms. The first-order valence-electron chi connectivity index (χ1n) is 4.44. The lowest BCUT2D eigenvalue weighted by molar-refractivity contribution is -0.139. The molecule has 6 nitrogen and oxygen atoms in total. The molecule has 0 saturated heterocycles. The Bertz CT molecular complexity index is 313. The Balaban J connectivity index is 4.90. The molecule has 2 atom stereocenters. The van der Waals surface area contributed by atoms with Crippen molar-refractivity contribution in [3.8, 4) is 0 Å². The van der Waals surface area contributed by atoms with Crippen molar-refractivity contribution in [1.82, 2.24) is 4.31 Å². The molecule has 0 aliphatic heterocycles. The van der Waals surface area contributed by atoms with Gasteiger partial charge in [0.2, 0.25) is 10.0 Å². The van der Waals surface area contributed by atoms with E-state index in [0.717, 1.165) is 11.4 Å². The van der Waals surface area contributed by atoms with E-state index in [1.807, 2.05) is 0 Å². The average Bonchev–Trinajstić information content (AvgIpc) is 2.24. The number of hydrogen-bond acceptors (Lipinski definition) is 5. The normalized spacial score (nSPS) is 16.1. The van der Waals surface area contributed by atoms with Crippen LogP contribution in [0.5, 0.6) is 0 Å². The first-order valence-corrected chi connectivity index (χ1v) is 5.94. The van der Waals surface area contributed by atoms with Crippen molar-refractivity contribution in [2.24, 2.45) is 0 Å². The van der Waals surface area contributed by atoms with E-state index in [4.69, 9.17) is 5.11 Å². The van der Waals surface area contributed by atoms with Crippen molar-refractivity contribution in [2.45, 2.75) is 25.1 Å². The third-order valence-corrected chi connectivity index (χ3v) is 4.51. The summed E-state index contributed by atoms with van der Waals surface area (Å²) in [6.07, 6.45) is 0. The second kappa shape index (κ2) is 5.43. The van der Waals surface area contributed by atoms with Crippen molar-refractivity contribution in [1.29, 1.82) is 0 Å². The van der Waals surface area contributed by atoms with Crippen molar-refractivity contribution in [3.05, 3.63) is 0 Å². The molecule has 90 valence electrons. The number of hydrogen-bond donors (Lipinski definition) is 1. The Labute approximate surface area is 89.9 Å². The molecule has 0 aromatic rings. The first kappa shape index (κ1) is 14.3. The summed E-state index contributed by atoms with van der Waals surface area (Å²) in [5.74, 6) is -0.813. The van der Waals surface area contributed by atoms with Gasteiger partial charge in [-0.2, -0.15) is 4.31 Å². The van der Waals surface area contributed by atoms with Crippen molar-refractivity contribution >= 4 is 16.0 Å². The fourth-order valence-electron chi connectivity index (χ4n) is 0.903. The fourth-order valence-corrected chi connectivity index (χ4v) is 2.31. The van der Waals surface area contributed by atoms with Gasteiger partial charge in [-0.1, -0.05) is 0 Å². The summed E-state index contributed by atoms with van der Waals surface area (Å²) in [5, 5.41) is 7.56. The zero-order chi connectivity index (χ0) is 12.2. The molecule has 0 saturated carbocycles. The molecule has 0 aromatic heterocycles. The minimum absolute atomic E-state index is 0.302. The highest BCUT2D eigenvalue weighted by Gasteiger charge is 2.34. The van der Waals surface area contributed by atoms with Gasteiger partial charge in [-0.3, -0.25) is 4.79 Å². The van der Waals surface area contributed by atoms with E-state index in [9.17, 15) is 13.2 Å². The van der Waals surface area contributed by atoms with Crippen LogP contribution in [0, 0.1) is 0 Å². The Kier molecular flexibility index (Phi) is 5.19. The monoisotopic (exact) mass is 239 g/mol. The predicted octanol–water partition coefficient (Wildman–Crippen LogP) is -0.810. The summed E-state index contributed by atoms with van der Waals surface area (Å²) >= 11 is 0. The standard InChI is InChI=1S/C8H17NO5S/c1-6(5-10)9(3)15(12,13)7(2)8(11)14-4/h6-7,10H,5H2,1-4H3. The summed E-state index contributed by atoms with van der Waals surface area (Å²) in [5.41, 5.74) is 0. The van der Waals surface area contributed by atoms with E-state index in [-0.39, 0.29) is 6.61 Å². The van der Waals surface area contributed by atoms with E-state index >= 15 is 0 Å². The maximum Gasteiger partial charge on any atom is 0.325 e. The summed E-state index contributed by atoms with van der Waals surface area (Å²) < 4.78 is 28.8. The highest BCUT2D eigenvalue weighted by molar-refractivity contribution is 7.90. The summed E-state index contributed by atoms with van der Waals surface area (Å²) in [4.78, 5) is 11.1. The Hall–Kier alpha value is -0.660. The molecule has 0 aliphatic rings. The van der Waals surface area contributed by atoms with E-state index < -0.39 is 27.3 Å². The van der Waals surface area contributed by atoms with Crippen molar-refractivity contribution < 1.29 is 23.1 Å². The Morgan fingerprint density at radius 1 is 1.47 bits per heavy atom. The van der Waals surface area contributed by atoms with Crippen molar-refractivity contribution in [2.75, 3.05) is 20.8 Å². The van der Waals surface area contributed by atoms with Crippen LogP contribution in [-0.2, 0) is 19.6 Å². The number of rotatable bonds is 5. The number of carbonyl (C=O) groups excluding carboxylic acids is 1. The molecule has 0 radical (unpaired) electrons.